The van der Waals surface area contributed by atoms with Crippen LogP contribution in [0.15, 0.2) is 60.7 Å². The van der Waals surface area contributed by atoms with Crippen molar-refractivity contribution in [1.29, 1.82) is 0 Å². The van der Waals surface area contributed by atoms with E-state index in [1.807, 2.05) is 0 Å². The van der Waals surface area contributed by atoms with Crippen LogP contribution in [0.5, 0.6) is 11.5 Å². The number of halogens is 2. The first-order valence-corrected chi connectivity index (χ1v) is 19.0. The molecule has 4 heterocycles. The smallest absolute Gasteiger partial charge is 0.119 e. The van der Waals surface area contributed by atoms with E-state index in [4.69, 9.17) is 9.47 Å². The van der Waals surface area contributed by atoms with Gasteiger partial charge < -0.3 is 29.9 Å². The Hall–Kier alpha value is -2.06. The van der Waals surface area contributed by atoms with E-state index in [0.29, 0.717) is 10.8 Å². The molecule has 0 unspecified atom stereocenters. The Labute approximate surface area is 316 Å². The van der Waals surface area contributed by atoms with Gasteiger partial charge in [0.1, 0.15) is 11.5 Å². The van der Waals surface area contributed by atoms with Gasteiger partial charge in [0.15, 0.2) is 0 Å². The zero-order valence-corrected chi connectivity index (χ0v) is 33.1. The van der Waals surface area contributed by atoms with Crippen LogP contribution in [0.2, 0.25) is 0 Å². The fraction of sp³-hybridized carbons (Fsp3) is 0.619. The molecule has 8 heteroatoms. The monoisotopic (exact) mass is 728 g/mol. The molecule has 4 aliphatic heterocycles. The van der Waals surface area contributed by atoms with Crippen molar-refractivity contribution >= 4 is 36.0 Å². The van der Waals surface area contributed by atoms with Crippen LogP contribution in [-0.4, -0.2) is 88.5 Å². The highest BCUT2D eigenvalue weighted by molar-refractivity contribution is 5.85. The second-order valence-electron chi connectivity index (χ2n) is 15.9. The first-order chi connectivity index (χ1) is 23.2. The van der Waals surface area contributed by atoms with Crippen molar-refractivity contribution in [2.24, 2.45) is 10.8 Å². The van der Waals surface area contributed by atoms with Gasteiger partial charge in [-0.3, -0.25) is 0 Å². The molecular formula is C42H66Cl2N4O2. The predicted octanol–water partition coefficient (Wildman–Crippen LogP) is 8.75. The summed E-state index contributed by atoms with van der Waals surface area (Å²) in [6.07, 6.45) is 14.4. The van der Waals surface area contributed by atoms with Crippen LogP contribution in [0.3, 0.4) is 0 Å². The molecule has 6 nitrogen and oxygen atoms in total. The Morgan fingerprint density at radius 1 is 0.600 bits per heavy atom. The summed E-state index contributed by atoms with van der Waals surface area (Å²) < 4.78 is 11.9. The summed E-state index contributed by atoms with van der Waals surface area (Å²) in [5, 5.41) is 6.71. The fourth-order valence-electron chi connectivity index (χ4n) is 7.73. The Morgan fingerprint density at radius 2 is 1.00 bits per heavy atom. The topological polar surface area (TPSA) is 49.0 Å². The summed E-state index contributed by atoms with van der Waals surface area (Å²) >= 11 is 0. The Morgan fingerprint density at radius 3 is 1.34 bits per heavy atom. The van der Waals surface area contributed by atoms with Crippen molar-refractivity contribution in [3.8, 4) is 11.5 Å². The van der Waals surface area contributed by atoms with Gasteiger partial charge in [0.05, 0.1) is 13.2 Å². The third-order valence-corrected chi connectivity index (χ3v) is 10.3. The lowest BCUT2D eigenvalue weighted by Gasteiger charge is -2.38. The number of hydrogen-bond donors (Lipinski definition) is 2. The van der Waals surface area contributed by atoms with Crippen molar-refractivity contribution < 1.29 is 9.47 Å². The fourth-order valence-corrected chi connectivity index (χ4v) is 7.73. The number of nitrogens with zero attached hydrogens (tertiary/aromatic N) is 2. The molecule has 6 rings (SSSR count). The number of likely N-dealkylation sites (tertiary alicyclic amines) is 2. The van der Waals surface area contributed by atoms with Gasteiger partial charge >= 0.3 is 0 Å². The molecule has 2 aromatic carbocycles. The first-order valence-electron chi connectivity index (χ1n) is 19.0. The van der Waals surface area contributed by atoms with E-state index in [-0.39, 0.29) is 24.8 Å². The van der Waals surface area contributed by atoms with E-state index >= 15 is 0 Å². The van der Waals surface area contributed by atoms with Crippen LogP contribution >= 0.6 is 24.8 Å². The number of ether oxygens (including phenoxy) is 2. The van der Waals surface area contributed by atoms with Gasteiger partial charge in [0.2, 0.25) is 0 Å². The van der Waals surface area contributed by atoms with Gasteiger partial charge in [-0.05, 0) is 135 Å². The average molecular weight is 730 g/mol. The van der Waals surface area contributed by atoms with Crippen molar-refractivity contribution in [2.45, 2.75) is 79.1 Å². The molecule has 50 heavy (non-hydrogen) atoms. The third-order valence-electron chi connectivity index (χ3n) is 10.3. The molecule has 0 aromatic heterocycles. The number of nitrogens with one attached hydrogen (secondary N) is 2. The Bertz CT molecular complexity index is 1210. The predicted molar refractivity (Wildman–Crippen MR) is 217 cm³/mol. The zero-order chi connectivity index (χ0) is 33.7. The second kappa shape index (κ2) is 21.5. The van der Waals surface area contributed by atoms with E-state index in [9.17, 15) is 0 Å². The van der Waals surface area contributed by atoms with Crippen LogP contribution in [0.4, 0.5) is 0 Å². The quantitative estimate of drug-likeness (QED) is 0.213. The molecule has 2 N–H and O–H groups in total. The molecule has 2 saturated heterocycles. The number of hydrogen-bond acceptors (Lipinski definition) is 6. The molecule has 0 saturated carbocycles. The van der Waals surface area contributed by atoms with E-state index in [0.717, 1.165) is 89.7 Å². The lowest BCUT2D eigenvalue weighted by atomic mass is 9.84. The highest BCUT2D eigenvalue weighted by Gasteiger charge is 2.26. The van der Waals surface area contributed by atoms with Gasteiger partial charge in [-0.1, -0.05) is 64.1 Å². The minimum atomic E-state index is 0. The van der Waals surface area contributed by atoms with E-state index < -0.39 is 0 Å². The van der Waals surface area contributed by atoms with Gasteiger partial charge in [0, 0.05) is 39.3 Å². The molecular weight excluding hydrogens is 663 g/mol. The molecule has 0 spiro atoms. The summed E-state index contributed by atoms with van der Waals surface area (Å²) in [6.45, 7) is 22.6. The van der Waals surface area contributed by atoms with E-state index in [1.165, 1.54) is 74.1 Å². The Balaban J connectivity index is 0.000000260. The maximum atomic E-state index is 5.93. The van der Waals surface area contributed by atoms with Crippen molar-refractivity contribution in [1.82, 2.24) is 20.4 Å². The van der Waals surface area contributed by atoms with E-state index in [1.54, 1.807) is 0 Å². The maximum absolute atomic E-state index is 5.93. The molecule has 0 amide bonds. The summed E-state index contributed by atoms with van der Waals surface area (Å²) in [5.41, 5.74) is 6.54. The second-order valence-corrected chi connectivity index (χ2v) is 15.9. The molecule has 280 valence electrons. The summed E-state index contributed by atoms with van der Waals surface area (Å²) in [5.74, 6) is 1.99. The normalized spacial score (nSPS) is 20.5. The van der Waals surface area contributed by atoms with Crippen molar-refractivity contribution in [3.63, 3.8) is 0 Å². The number of benzene rings is 2. The van der Waals surface area contributed by atoms with Crippen molar-refractivity contribution in [2.75, 3.05) is 78.7 Å². The van der Waals surface area contributed by atoms with Crippen LogP contribution in [0.25, 0.3) is 11.1 Å². The lowest BCUT2D eigenvalue weighted by Crippen LogP contribution is -2.40. The van der Waals surface area contributed by atoms with Crippen molar-refractivity contribution in [3.05, 3.63) is 71.8 Å². The number of rotatable bonds is 12. The lowest BCUT2D eigenvalue weighted by molar-refractivity contribution is 0.111. The van der Waals surface area contributed by atoms with Gasteiger partial charge in [-0.25, -0.2) is 0 Å². The van der Waals surface area contributed by atoms with Crippen LogP contribution in [-0.2, 0) is 0 Å². The van der Waals surface area contributed by atoms with Gasteiger partial charge in [0.25, 0.3) is 0 Å². The average Bonchev–Trinajstić information content (AvgIpc) is 3.09. The molecule has 4 aliphatic rings. The largest absolute Gasteiger partial charge is 0.494 e. The molecule has 0 bridgehead atoms. The minimum absolute atomic E-state index is 0. The van der Waals surface area contributed by atoms with Gasteiger partial charge in [-0.2, -0.15) is 0 Å². The third kappa shape index (κ3) is 14.5. The molecule has 0 radical (unpaired) electrons. The standard InChI is InChI=1S/2C21H32N2O.2ClH/c2*1-21(2)11-3-14-23(17-21)15-4-16-24-20-7-5-18(6-8-20)19-9-12-22-13-10-19;;/h2*5-9,22H,3-4,10-17H2,1-2H3;2*1H. The number of piperidine rings is 2. The summed E-state index contributed by atoms with van der Waals surface area (Å²) in [4.78, 5) is 5.19. The first kappa shape index (κ1) is 42.4. The van der Waals surface area contributed by atoms with E-state index in [2.05, 4.69) is 109 Å². The minimum Gasteiger partial charge on any atom is -0.494 e. The zero-order valence-electron chi connectivity index (χ0n) is 31.4. The van der Waals surface area contributed by atoms with Gasteiger partial charge in [-0.15, -0.1) is 24.8 Å². The highest BCUT2D eigenvalue weighted by atomic mass is 35.5. The van der Waals surface area contributed by atoms with Crippen LogP contribution in [0.1, 0.15) is 90.2 Å². The Kier molecular flexibility index (Phi) is 18.2. The van der Waals surface area contributed by atoms with Crippen LogP contribution in [0, 0.1) is 10.8 Å². The molecule has 2 fully saturated rings. The van der Waals surface area contributed by atoms with Crippen LogP contribution < -0.4 is 20.1 Å². The molecule has 0 aliphatic carbocycles. The molecule has 2 aromatic rings. The summed E-state index contributed by atoms with van der Waals surface area (Å²) in [7, 11) is 0. The summed E-state index contributed by atoms with van der Waals surface area (Å²) in [6, 6.07) is 17.2. The highest BCUT2D eigenvalue weighted by Crippen LogP contribution is 2.30. The maximum Gasteiger partial charge on any atom is 0.119 e. The molecule has 0 atom stereocenters. The SMILES string of the molecule is CC1(C)CCCN(CCCOc2ccc(C3=CCNCC3)cc2)C1.CC1(C)CCCN(CCCOc2ccc(C3=CCNCC3)cc2)C1.Cl.Cl.